The van der Waals surface area contributed by atoms with Gasteiger partial charge >= 0.3 is 0 Å². The van der Waals surface area contributed by atoms with Gasteiger partial charge in [0.25, 0.3) is 5.91 Å². The Morgan fingerprint density at radius 1 is 1.07 bits per heavy atom. The molecule has 11 heteroatoms. The van der Waals surface area contributed by atoms with Crippen molar-refractivity contribution in [3.8, 4) is 11.1 Å². The number of ether oxygens (including phenoxy) is 1. The van der Waals surface area contributed by atoms with E-state index < -0.39 is 19.8 Å². The highest BCUT2D eigenvalue weighted by Crippen LogP contribution is 2.33. The molecule has 0 bridgehead atoms. The smallest absolute Gasteiger partial charge is 0.274 e. The Balaban J connectivity index is 1.56. The van der Waals surface area contributed by atoms with Crippen LogP contribution in [0.5, 0.6) is 0 Å². The Morgan fingerprint density at radius 3 is 2.61 bits per heavy atom. The van der Waals surface area contributed by atoms with Gasteiger partial charge in [-0.2, -0.15) is 10.2 Å². The number of pyridine rings is 1. The van der Waals surface area contributed by atoms with Gasteiger partial charge in [-0.05, 0) is 80.1 Å². The molecule has 228 valence electrons. The summed E-state index contributed by atoms with van der Waals surface area (Å²) in [6.45, 7) is 12.1. The Hall–Kier alpha value is -4.61. The number of carbonyl (C=O) groups is 1. The molecule has 0 fully saturated rings. The van der Waals surface area contributed by atoms with E-state index in [0.717, 1.165) is 33.9 Å². The van der Waals surface area contributed by atoms with Crippen molar-refractivity contribution in [1.29, 1.82) is 0 Å². The molecule has 0 atom stereocenters. The first-order valence-electron chi connectivity index (χ1n) is 14.7. The number of nitrogens with two attached hydrogens (primary N) is 1. The third-order valence-electron chi connectivity index (χ3n) is 7.26. The van der Waals surface area contributed by atoms with Crippen LogP contribution >= 0.6 is 0 Å². The lowest BCUT2D eigenvalue weighted by atomic mass is 10.0. The molecule has 1 amide bonds. The third-order valence-corrected chi connectivity index (χ3v) is 8.96. The van der Waals surface area contributed by atoms with Crippen molar-refractivity contribution in [3.05, 3.63) is 89.4 Å². The van der Waals surface area contributed by atoms with Gasteiger partial charge in [0.15, 0.2) is 0 Å². The van der Waals surface area contributed by atoms with E-state index in [2.05, 4.69) is 35.0 Å². The van der Waals surface area contributed by atoms with E-state index in [4.69, 9.17) is 15.6 Å². The number of hydrogen-bond acceptors (Lipinski definition) is 6. The molecule has 5 rings (SSSR count). The molecule has 0 saturated heterocycles. The first-order valence-corrected chi connectivity index (χ1v) is 18.4. The second kappa shape index (κ2) is 12.9. The van der Waals surface area contributed by atoms with Crippen LogP contribution in [0.1, 0.15) is 34.5 Å². The lowest BCUT2D eigenvalue weighted by Crippen LogP contribution is -2.22. The standard InChI is InChI=1S/C33H38FN7O2Si/c1-6-40-32(33(42)37-29-20-24(35)11-14-27(29)34)31(22(2)38-40)23-10-13-26-28(15-12-25-9-7-8-16-36-25)39-41(30(26)19-23)21-43-17-18-44(3,4)5/h7-16,19-20H,6,17-18,21,35H2,1-5H3,(H,37,42)/b15-12+. The highest BCUT2D eigenvalue weighted by Gasteiger charge is 2.24. The van der Waals surface area contributed by atoms with E-state index in [9.17, 15) is 9.18 Å². The largest absolute Gasteiger partial charge is 0.399 e. The van der Waals surface area contributed by atoms with Gasteiger partial charge in [0.1, 0.15) is 18.2 Å². The number of hydrogen-bond donors (Lipinski definition) is 2. The summed E-state index contributed by atoms with van der Waals surface area (Å²) in [5.41, 5.74) is 11.1. The lowest BCUT2D eigenvalue weighted by Gasteiger charge is -2.15. The zero-order chi connectivity index (χ0) is 31.4. The normalized spacial score (nSPS) is 12.0. The number of nitrogens with one attached hydrogen (secondary N) is 1. The van der Waals surface area contributed by atoms with Gasteiger partial charge in [-0.3, -0.25) is 14.5 Å². The maximum Gasteiger partial charge on any atom is 0.274 e. The van der Waals surface area contributed by atoms with E-state index in [1.165, 1.54) is 18.2 Å². The molecular formula is C33H38FN7O2Si. The molecule has 0 unspecified atom stereocenters. The first kappa shape index (κ1) is 30.8. The maximum atomic E-state index is 14.5. The van der Waals surface area contributed by atoms with E-state index >= 15 is 0 Å². The van der Waals surface area contributed by atoms with Crippen molar-refractivity contribution in [2.24, 2.45) is 0 Å². The number of nitrogens with zero attached hydrogens (tertiary/aromatic N) is 5. The molecule has 0 aliphatic carbocycles. The molecular weight excluding hydrogens is 573 g/mol. The molecule has 0 spiro atoms. The monoisotopic (exact) mass is 611 g/mol. The Labute approximate surface area is 257 Å². The topological polar surface area (TPSA) is 113 Å². The van der Waals surface area contributed by atoms with Crippen molar-refractivity contribution in [2.75, 3.05) is 17.7 Å². The summed E-state index contributed by atoms with van der Waals surface area (Å²) in [5, 5.41) is 13.1. The Morgan fingerprint density at radius 2 is 1.89 bits per heavy atom. The third kappa shape index (κ3) is 6.95. The van der Waals surface area contributed by atoms with Crippen LogP contribution < -0.4 is 11.1 Å². The zero-order valence-corrected chi connectivity index (χ0v) is 26.8. The second-order valence-corrected chi connectivity index (χ2v) is 17.5. The fourth-order valence-corrected chi connectivity index (χ4v) is 5.71. The number of amides is 1. The SMILES string of the molecule is CCn1nc(C)c(-c2ccc3c(/C=C/c4ccccn4)nn(COCC[Si](C)(C)C)c3c2)c1C(=O)Nc1cc(N)ccc1F. The van der Waals surface area contributed by atoms with Crippen molar-refractivity contribution >= 4 is 48.4 Å². The molecule has 3 N–H and O–H groups in total. The average Bonchev–Trinajstić information content (AvgIpc) is 3.52. The zero-order valence-electron chi connectivity index (χ0n) is 25.8. The summed E-state index contributed by atoms with van der Waals surface area (Å²) in [6, 6.07) is 16.8. The predicted molar refractivity (Wildman–Crippen MR) is 177 cm³/mol. The average molecular weight is 612 g/mol. The van der Waals surface area contributed by atoms with Gasteiger partial charge in [0.05, 0.1) is 28.3 Å². The molecule has 0 aliphatic heterocycles. The Kier molecular flexibility index (Phi) is 9.07. The van der Waals surface area contributed by atoms with Crippen molar-refractivity contribution < 1.29 is 13.9 Å². The molecule has 3 heterocycles. The van der Waals surface area contributed by atoms with Crippen LogP contribution in [-0.4, -0.2) is 45.1 Å². The highest BCUT2D eigenvalue weighted by atomic mass is 28.3. The van der Waals surface area contributed by atoms with Crippen LogP contribution in [0.2, 0.25) is 25.7 Å². The summed E-state index contributed by atoms with van der Waals surface area (Å²) in [5.74, 6) is -1.05. The highest BCUT2D eigenvalue weighted by molar-refractivity contribution is 6.76. The lowest BCUT2D eigenvalue weighted by molar-refractivity contribution is 0.0816. The molecule has 44 heavy (non-hydrogen) atoms. The minimum absolute atomic E-state index is 0.00999. The van der Waals surface area contributed by atoms with Crippen molar-refractivity contribution in [2.45, 2.75) is 52.8 Å². The fourth-order valence-electron chi connectivity index (χ4n) is 4.95. The molecule has 0 aliphatic rings. The van der Waals surface area contributed by atoms with E-state index in [0.29, 0.717) is 35.8 Å². The van der Waals surface area contributed by atoms with Crippen LogP contribution in [0.15, 0.2) is 60.8 Å². The van der Waals surface area contributed by atoms with E-state index in [1.54, 1.807) is 10.9 Å². The maximum absolute atomic E-state index is 14.5. The van der Waals surface area contributed by atoms with Gasteiger partial charge in [0, 0.05) is 44.1 Å². The summed E-state index contributed by atoms with van der Waals surface area (Å²) in [6.07, 6.45) is 5.63. The van der Waals surface area contributed by atoms with Gasteiger partial charge in [-0.25, -0.2) is 9.07 Å². The van der Waals surface area contributed by atoms with Gasteiger partial charge in [-0.1, -0.05) is 31.8 Å². The van der Waals surface area contributed by atoms with Crippen molar-refractivity contribution in [1.82, 2.24) is 24.5 Å². The summed E-state index contributed by atoms with van der Waals surface area (Å²) >= 11 is 0. The predicted octanol–water partition coefficient (Wildman–Crippen LogP) is 7.08. The van der Waals surface area contributed by atoms with Crippen LogP contribution in [0, 0.1) is 12.7 Å². The van der Waals surface area contributed by atoms with E-state index in [1.807, 2.05) is 67.1 Å². The molecule has 3 aromatic heterocycles. The summed E-state index contributed by atoms with van der Waals surface area (Å²) < 4.78 is 24.1. The number of aromatic nitrogens is 5. The molecule has 9 nitrogen and oxygen atoms in total. The minimum Gasteiger partial charge on any atom is -0.399 e. The molecule has 0 radical (unpaired) electrons. The quantitative estimate of drug-likeness (QED) is 0.0938. The molecule has 2 aromatic carbocycles. The van der Waals surface area contributed by atoms with Gasteiger partial charge in [-0.15, -0.1) is 0 Å². The molecule has 5 aromatic rings. The summed E-state index contributed by atoms with van der Waals surface area (Å²) in [7, 11) is -1.26. The first-order chi connectivity index (χ1) is 21.0. The van der Waals surface area contributed by atoms with Crippen LogP contribution in [-0.2, 0) is 18.0 Å². The van der Waals surface area contributed by atoms with E-state index in [-0.39, 0.29) is 12.4 Å². The number of aryl methyl sites for hydroxylation is 2. The number of rotatable bonds is 11. The number of nitrogen functional groups attached to an aromatic ring is 1. The Bertz CT molecular complexity index is 1820. The number of benzene rings is 2. The van der Waals surface area contributed by atoms with Gasteiger partial charge in [0.2, 0.25) is 0 Å². The minimum atomic E-state index is -1.26. The number of halogens is 1. The number of carbonyl (C=O) groups excluding carboxylic acids is 1. The van der Waals surface area contributed by atoms with Crippen LogP contribution in [0.25, 0.3) is 34.2 Å². The van der Waals surface area contributed by atoms with Crippen molar-refractivity contribution in [3.63, 3.8) is 0 Å². The molecule has 0 saturated carbocycles. The van der Waals surface area contributed by atoms with Crippen LogP contribution in [0.4, 0.5) is 15.8 Å². The fraction of sp³-hybridized carbons (Fsp3) is 0.273. The van der Waals surface area contributed by atoms with Crippen LogP contribution in [0.3, 0.4) is 0 Å². The van der Waals surface area contributed by atoms with Gasteiger partial charge < -0.3 is 15.8 Å². The number of anilines is 2. The number of fused-ring (bicyclic) bond motifs is 1. The summed E-state index contributed by atoms with van der Waals surface area (Å²) in [4.78, 5) is 18.0. The second-order valence-electron chi connectivity index (χ2n) is 11.9.